The van der Waals surface area contributed by atoms with Gasteiger partial charge in [-0.05, 0) is 37.6 Å². The van der Waals surface area contributed by atoms with Crippen molar-refractivity contribution in [1.82, 2.24) is 0 Å². The molecular formula is C15H24O3Si. The summed E-state index contributed by atoms with van der Waals surface area (Å²) in [6.07, 6.45) is 6.35. The van der Waals surface area contributed by atoms with Gasteiger partial charge in [0.2, 0.25) is 0 Å². The van der Waals surface area contributed by atoms with Crippen molar-refractivity contribution in [1.29, 1.82) is 0 Å². The van der Waals surface area contributed by atoms with Gasteiger partial charge in [0.05, 0.1) is 0 Å². The van der Waals surface area contributed by atoms with Gasteiger partial charge >= 0.3 is 0 Å². The standard InChI is InChI=1S/C15H24O3Si/c1-12-9-15(6-5-14(16)13(12)10-15)18-11-17-7-8-19(2,3)4/h5-6,9,13H,7-8,10-11H2,1-4H3/t13-,15+/m1/s1. The summed E-state index contributed by atoms with van der Waals surface area (Å²) in [6.45, 7) is 10.1. The molecule has 0 unspecified atom stereocenters. The summed E-state index contributed by atoms with van der Waals surface area (Å²) in [5.74, 6) is 0.220. The van der Waals surface area contributed by atoms with E-state index in [2.05, 4.69) is 25.7 Å². The van der Waals surface area contributed by atoms with E-state index < -0.39 is 13.7 Å². The monoisotopic (exact) mass is 280 g/mol. The second-order valence-corrected chi connectivity index (χ2v) is 12.4. The van der Waals surface area contributed by atoms with Crippen molar-refractivity contribution < 1.29 is 14.3 Å². The Morgan fingerprint density at radius 2 is 2.16 bits per heavy atom. The molecule has 0 saturated carbocycles. The number of carbonyl (C=O) groups is 1. The highest BCUT2D eigenvalue weighted by Gasteiger charge is 2.42. The van der Waals surface area contributed by atoms with Gasteiger partial charge in [-0.1, -0.05) is 25.2 Å². The molecule has 0 saturated heterocycles. The van der Waals surface area contributed by atoms with Crippen molar-refractivity contribution in [3.05, 3.63) is 23.8 Å². The van der Waals surface area contributed by atoms with Gasteiger partial charge in [0.1, 0.15) is 12.4 Å². The topological polar surface area (TPSA) is 35.5 Å². The molecule has 0 radical (unpaired) electrons. The van der Waals surface area contributed by atoms with E-state index in [0.29, 0.717) is 6.79 Å². The third kappa shape index (κ3) is 3.65. The zero-order chi connectivity index (χ0) is 14.1. The summed E-state index contributed by atoms with van der Waals surface area (Å²) in [6, 6.07) is 1.15. The van der Waals surface area contributed by atoms with Crippen LogP contribution in [0.2, 0.25) is 25.7 Å². The lowest BCUT2D eigenvalue weighted by Gasteiger charge is -2.28. The van der Waals surface area contributed by atoms with Crippen LogP contribution in [0, 0.1) is 5.92 Å². The third-order valence-corrected chi connectivity index (χ3v) is 5.53. The lowest BCUT2D eigenvalue weighted by Crippen LogP contribution is -2.32. The summed E-state index contributed by atoms with van der Waals surface area (Å²) in [5.41, 5.74) is 0.721. The molecule has 0 N–H and O–H groups in total. The van der Waals surface area contributed by atoms with Crippen LogP contribution in [0.5, 0.6) is 0 Å². The smallest absolute Gasteiger partial charge is 0.162 e. The van der Waals surface area contributed by atoms with Gasteiger partial charge in [0, 0.05) is 20.6 Å². The van der Waals surface area contributed by atoms with E-state index in [0.717, 1.165) is 24.6 Å². The Hall–Kier alpha value is -0.713. The minimum absolute atomic E-state index is 0.0204. The fourth-order valence-electron chi connectivity index (χ4n) is 2.54. The molecule has 0 spiro atoms. The van der Waals surface area contributed by atoms with E-state index in [-0.39, 0.29) is 11.7 Å². The highest BCUT2D eigenvalue weighted by atomic mass is 28.3. The number of ketones is 1. The van der Waals surface area contributed by atoms with Crippen molar-refractivity contribution in [2.45, 2.75) is 44.6 Å². The van der Waals surface area contributed by atoms with Crippen molar-refractivity contribution in [2.75, 3.05) is 13.4 Å². The van der Waals surface area contributed by atoms with Crippen LogP contribution in [0.15, 0.2) is 23.8 Å². The van der Waals surface area contributed by atoms with Crippen LogP contribution in [0.25, 0.3) is 0 Å². The van der Waals surface area contributed by atoms with E-state index in [1.165, 1.54) is 0 Å². The molecule has 0 aromatic carbocycles. The van der Waals surface area contributed by atoms with E-state index in [1.54, 1.807) is 6.08 Å². The first kappa shape index (κ1) is 14.7. The van der Waals surface area contributed by atoms with Crippen LogP contribution < -0.4 is 0 Å². The second kappa shape index (κ2) is 5.35. The Morgan fingerprint density at radius 1 is 1.42 bits per heavy atom. The van der Waals surface area contributed by atoms with Crippen LogP contribution in [0.1, 0.15) is 13.3 Å². The fraction of sp³-hybridized carbons (Fsp3) is 0.667. The van der Waals surface area contributed by atoms with Crippen molar-refractivity contribution in [2.24, 2.45) is 5.92 Å². The number of ether oxygens (including phenoxy) is 2. The van der Waals surface area contributed by atoms with Crippen LogP contribution in [0.3, 0.4) is 0 Å². The first-order valence-corrected chi connectivity index (χ1v) is 10.7. The molecule has 2 aliphatic carbocycles. The predicted molar refractivity (Wildman–Crippen MR) is 78.8 cm³/mol. The normalized spacial score (nSPS) is 29.8. The van der Waals surface area contributed by atoms with Crippen molar-refractivity contribution in [3.63, 3.8) is 0 Å². The lowest BCUT2D eigenvalue weighted by atomic mass is 9.88. The molecule has 2 atom stereocenters. The number of rotatable bonds is 6. The highest BCUT2D eigenvalue weighted by molar-refractivity contribution is 6.76. The average Bonchev–Trinajstić information content (AvgIpc) is 2.57. The summed E-state index contributed by atoms with van der Waals surface area (Å²) < 4.78 is 11.5. The fourth-order valence-corrected chi connectivity index (χ4v) is 3.30. The largest absolute Gasteiger partial charge is 0.356 e. The Kier molecular flexibility index (Phi) is 4.13. The Labute approximate surface area is 116 Å². The molecule has 106 valence electrons. The maximum Gasteiger partial charge on any atom is 0.162 e. The Balaban J connectivity index is 1.81. The first-order chi connectivity index (χ1) is 8.81. The van der Waals surface area contributed by atoms with E-state index in [4.69, 9.17) is 9.47 Å². The van der Waals surface area contributed by atoms with Crippen molar-refractivity contribution in [3.8, 4) is 0 Å². The molecular weight excluding hydrogens is 256 g/mol. The molecule has 2 bridgehead atoms. The van der Waals surface area contributed by atoms with Gasteiger partial charge in [-0.15, -0.1) is 0 Å². The highest BCUT2D eigenvalue weighted by Crippen LogP contribution is 2.41. The molecule has 19 heavy (non-hydrogen) atoms. The first-order valence-electron chi connectivity index (χ1n) is 6.96. The minimum atomic E-state index is -1.04. The predicted octanol–water partition coefficient (Wildman–Crippen LogP) is 3.16. The van der Waals surface area contributed by atoms with E-state index >= 15 is 0 Å². The van der Waals surface area contributed by atoms with Crippen molar-refractivity contribution >= 4 is 13.9 Å². The lowest BCUT2D eigenvalue weighted by molar-refractivity contribution is -0.124. The van der Waals surface area contributed by atoms with Gasteiger partial charge in [0.25, 0.3) is 0 Å². The van der Waals surface area contributed by atoms with Gasteiger partial charge in [-0.3, -0.25) is 4.79 Å². The number of fused-ring (bicyclic) bond motifs is 2. The van der Waals surface area contributed by atoms with Crippen LogP contribution in [-0.2, 0) is 14.3 Å². The molecule has 2 aliphatic rings. The number of hydrogen-bond acceptors (Lipinski definition) is 3. The zero-order valence-corrected chi connectivity index (χ0v) is 13.4. The molecule has 0 heterocycles. The van der Waals surface area contributed by atoms with E-state index in [1.807, 2.05) is 13.0 Å². The molecule has 0 aliphatic heterocycles. The average molecular weight is 280 g/mol. The number of carbonyl (C=O) groups excluding carboxylic acids is 1. The van der Waals surface area contributed by atoms with Crippen LogP contribution >= 0.6 is 0 Å². The van der Waals surface area contributed by atoms with Gasteiger partial charge in [-0.25, -0.2) is 0 Å². The molecule has 2 rings (SSSR count). The SMILES string of the molecule is CC1=C[C@@]2(OCOCC[Si](C)(C)C)C=CC(=O)[C@@H]1C2. The zero-order valence-electron chi connectivity index (χ0n) is 12.4. The summed E-state index contributed by atoms with van der Waals surface area (Å²) in [7, 11) is -1.04. The molecule has 4 heteroatoms. The quantitative estimate of drug-likeness (QED) is 0.324. The summed E-state index contributed by atoms with van der Waals surface area (Å²) >= 11 is 0. The molecule has 0 amide bonds. The van der Waals surface area contributed by atoms with Gasteiger partial charge < -0.3 is 9.47 Å². The second-order valence-electron chi connectivity index (χ2n) is 6.82. The molecule has 0 fully saturated rings. The number of hydrogen-bond donors (Lipinski definition) is 0. The minimum Gasteiger partial charge on any atom is -0.356 e. The van der Waals surface area contributed by atoms with E-state index in [9.17, 15) is 4.79 Å². The molecule has 0 aromatic heterocycles. The van der Waals surface area contributed by atoms with Gasteiger partial charge in [0.15, 0.2) is 5.78 Å². The third-order valence-electron chi connectivity index (χ3n) is 3.83. The van der Waals surface area contributed by atoms with Crippen LogP contribution in [0.4, 0.5) is 0 Å². The Morgan fingerprint density at radius 3 is 2.84 bits per heavy atom. The number of allylic oxidation sites excluding steroid dienone is 2. The van der Waals surface area contributed by atoms with Gasteiger partial charge in [-0.2, -0.15) is 0 Å². The summed E-state index contributed by atoms with van der Waals surface area (Å²) in [5, 5.41) is 0. The molecule has 0 aromatic rings. The Bertz CT molecular complexity index is 420. The summed E-state index contributed by atoms with van der Waals surface area (Å²) in [4.78, 5) is 11.7. The molecule has 3 nitrogen and oxygen atoms in total. The maximum atomic E-state index is 11.7. The maximum absolute atomic E-state index is 11.7. The van der Waals surface area contributed by atoms with Crippen LogP contribution in [-0.4, -0.2) is 32.9 Å².